The molecule has 0 amide bonds. The summed E-state index contributed by atoms with van der Waals surface area (Å²) in [6, 6.07) is 36.2. The molecule has 214 valence electrons. The molecule has 4 aromatic rings. The maximum Gasteiger partial charge on any atom is 0.338 e. The van der Waals surface area contributed by atoms with Crippen LogP contribution in [0.5, 0.6) is 0 Å². The lowest BCUT2D eigenvalue weighted by Gasteiger charge is -2.48. The number of ether oxygens (including phenoxy) is 6. The van der Waals surface area contributed by atoms with Gasteiger partial charge in [0.25, 0.3) is 0 Å². The molecule has 6 atom stereocenters. The molecule has 2 saturated heterocycles. The molecule has 0 radical (unpaired) electrons. The van der Waals surface area contributed by atoms with Crippen molar-refractivity contribution in [2.75, 3.05) is 6.61 Å². The van der Waals surface area contributed by atoms with Crippen LogP contribution in [0.15, 0.2) is 121 Å². The zero-order valence-electron chi connectivity index (χ0n) is 22.7. The Morgan fingerprint density at radius 2 is 1.17 bits per heavy atom. The second kappa shape index (κ2) is 13.1. The summed E-state index contributed by atoms with van der Waals surface area (Å²) in [7, 11) is 0. The van der Waals surface area contributed by atoms with Crippen LogP contribution in [0, 0.1) is 0 Å². The lowest BCUT2D eigenvalue weighted by Crippen LogP contribution is -2.64. The molecule has 8 nitrogen and oxygen atoms in total. The van der Waals surface area contributed by atoms with Gasteiger partial charge in [0.15, 0.2) is 24.8 Å². The van der Waals surface area contributed by atoms with Gasteiger partial charge in [0.05, 0.1) is 24.3 Å². The molecule has 2 heterocycles. The molecule has 2 fully saturated rings. The summed E-state index contributed by atoms with van der Waals surface area (Å²) < 4.78 is 37.1. The molecule has 8 heteroatoms. The van der Waals surface area contributed by atoms with Gasteiger partial charge in [-0.05, 0) is 29.8 Å². The molecular weight excluding hydrogens is 536 g/mol. The van der Waals surface area contributed by atoms with Crippen LogP contribution in [0.4, 0.5) is 0 Å². The molecule has 0 N–H and O–H groups in total. The Bertz CT molecular complexity index is 1450. The highest BCUT2D eigenvalue weighted by molar-refractivity contribution is 5.90. The fraction of sp³-hybridized carbons (Fsp3) is 0.235. The second-order valence-corrected chi connectivity index (χ2v) is 9.99. The van der Waals surface area contributed by atoms with Crippen LogP contribution >= 0.6 is 0 Å². The number of fused-ring (bicyclic) bond motifs is 1. The largest absolute Gasteiger partial charge is 0.452 e. The highest BCUT2D eigenvalue weighted by Crippen LogP contribution is 2.37. The van der Waals surface area contributed by atoms with Gasteiger partial charge in [0.2, 0.25) is 0 Å². The lowest BCUT2D eigenvalue weighted by molar-refractivity contribution is -0.361. The van der Waals surface area contributed by atoms with Gasteiger partial charge >= 0.3 is 11.9 Å². The molecule has 0 spiro atoms. The standard InChI is InChI=1S/C34H30O8/c35-31(24-15-7-2-8-16-24)40-29-28-27(22-38-33(42-28)26-19-11-4-12-20-26)39-34(37-21-23-13-5-1-6-14-23)30(29)41-32(36)25-17-9-3-10-18-25/h1-20,27-30,33-34H,21-22H2/t27-,28+,29+,30-,33?,34-/m1/s1. The predicted octanol–water partition coefficient (Wildman–Crippen LogP) is 5.49. The summed E-state index contributed by atoms with van der Waals surface area (Å²) in [5.74, 6) is -1.20. The van der Waals surface area contributed by atoms with E-state index in [0.29, 0.717) is 11.1 Å². The lowest BCUT2D eigenvalue weighted by atomic mass is 9.97. The minimum absolute atomic E-state index is 0.147. The fourth-order valence-corrected chi connectivity index (χ4v) is 5.00. The summed E-state index contributed by atoms with van der Waals surface area (Å²) in [5.41, 5.74) is 2.38. The Morgan fingerprint density at radius 3 is 1.76 bits per heavy atom. The summed E-state index contributed by atoms with van der Waals surface area (Å²) in [6.07, 6.45) is -5.51. The third-order valence-electron chi connectivity index (χ3n) is 7.12. The first-order valence-corrected chi connectivity index (χ1v) is 13.8. The minimum Gasteiger partial charge on any atom is -0.452 e. The van der Waals surface area contributed by atoms with Crippen LogP contribution in [-0.4, -0.2) is 49.3 Å². The number of hydrogen-bond acceptors (Lipinski definition) is 8. The molecule has 4 aromatic carbocycles. The Labute approximate surface area is 243 Å². The van der Waals surface area contributed by atoms with Crippen LogP contribution in [0.2, 0.25) is 0 Å². The van der Waals surface area contributed by atoms with Gasteiger partial charge in [-0.25, -0.2) is 9.59 Å². The summed E-state index contributed by atoms with van der Waals surface area (Å²) in [4.78, 5) is 26.7. The smallest absolute Gasteiger partial charge is 0.338 e. The van der Waals surface area contributed by atoms with Gasteiger partial charge < -0.3 is 28.4 Å². The molecule has 0 saturated carbocycles. The molecule has 1 unspecified atom stereocenters. The fourth-order valence-electron chi connectivity index (χ4n) is 5.00. The third kappa shape index (κ3) is 6.42. The number of rotatable bonds is 8. The van der Waals surface area contributed by atoms with Gasteiger partial charge in [-0.3, -0.25) is 0 Å². The normalized spacial score (nSPS) is 25.1. The van der Waals surface area contributed by atoms with Crippen LogP contribution < -0.4 is 0 Å². The number of esters is 2. The van der Waals surface area contributed by atoms with Crippen molar-refractivity contribution in [1.29, 1.82) is 0 Å². The second-order valence-electron chi connectivity index (χ2n) is 9.99. The van der Waals surface area contributed by atoms with Gasteiger partial charge in [0.1, 0.15) is 12.2 Å². The average molecular weight is 567 g/mol. The number of carbonyl (C=O) groups is 2. The van der Waals surface area contributed by atoms with E-state index in [1.807, 2.05) is 66.7 Å². The molecule has 42 heavy (non-hydrogen) atoms. The van der Waals surface area contributed by atoms with Crippen LogP contribution in [0.25, 0.3) is 0 Å². The van der Waals surface area contributed by atoms with E-state index in [0.717, 1.165) is 11.1 Å². The Hall–Kier alpha value is -4.34. The molecule has 0 aliphatic carbocycles. The summed E-state index contributed by atoms with van der Waals surface area (Å²) in [5, 5.41) is 0. The van der Waals surface area contributed by atoms with Crippen molar-refractivity contribution in [2.45, 2.75) is 43.6 Å². The van der Waals surface area contributed by atoms with Crippen molar-refractivity contribution in [1.82, 2.24) is 0 Å². The Kier molecular flexibility index (Phi) is 8.67. The summed E-state index contributed by atoms with van der Waals surface area (Å²) in [6.45, 7) is 0.324. The predicted molar refractivity (Wildman–Crippen MR) is 151 cm³/mol. The van der Waals surface area contributed by atoms with Crippen molar-refractivity contribution in [2.24, 2.45) is 0 Å². The van der Waals surface area contributed by atoms with Crippen molar-refractivity contribution in [3.05, 3.63) is 144 Å². The number of hydrogen-bond donors (Lipinski definition) is 0. The van der Waals surface area contributed by atoms with E-state index in [1.165, 1.54) is 0 Å². The molecule has 6 rings (SSSR count). The van der Waals surface area contributed by atoms with Crippen molar-refractivity contribution in [3.63, 3.8) is 0 Å². The van der Waals surface area contributed by atoms with E-state index < -0.39 is 48.9 Å². The van der Waals surface area contributed by atoms with Crippen LogP contribution in [0.3, 0.4) is 0 Å². The Balaban J connectivity index is 1.33. The third-order valence-corrected chi connectivity index (χ3v) is 7.12. The van der Waals surface area contributed by atoms with Crippen molar-refractivity contribution >= 4 is 11.9 Å². The summed E-state index contributed by atoms with van der Waals surface area (Å²) >= 11 is 0. The van der Waals surface area contributed by atoms with Gasteiger partial charge in [-0.15, -0.1) is 0 Å². The maximum absolute atomic E-state index is 13.4. The number of benzene rings is 4. The SMILES string of the molecule is O=C(O[C@H]1[C@H]2OC(c3ccccc3)OC[C@H]2O[C@@H](OCc2ccccc2)[C@@H]1OC(=O)c1ccccc1)c1ccccc1. The van der Waals surface area contributed by atoms with Gasteiger partial charge in [0, 0.05) is 5.56 Å². The zero-order valence-corrected chi connectivity index (χ0v) is 22.7. The van der Waals surface area contributed by atoms with Crippen molar-refractivity contribution < 1.29 is 38.0 Å². The van der Waals surface area contributed by atoms with E-state index in [2.05, 4.69) is 0 Å². The highest BCUT2D eigenvalue weighted by atomic mass is 16.8. The molecule has 0 bridgehead atoms. The molecular formula is C34H30O8. The van der Waals surface area contributed by atoms with Crippen LogP contribution in [0.1, 0.15) is 38.1 Å². The van der Waals surface area contributed by atoms with E-state index in [9.17, 15) is 9.59 Å². The van der Waals surface area contributed by atoms with E-state index in [-0.39, 0.29) is 13.2 Å². The topological polar surface area (TPSA) is 89.5 Å². The molecule has 2 aliphatic heterocycles. The first-order chi connectivity index (χ1) is 20.7. The average Bonchev–Trinajstić information content (AvgIpc) is 3.06. The first-order valence-electron chi connectivity index (χ1n) is 13.8. The quantitative estimate of drug-likeness (QED) is 0.259. The monoisotopic (exact) mass is 566 g/mol. The maximum atomic E-state index is 13.4. The number of carbonyl (C=O) groups excluding carboxylic acids is 2. The van der Waals surface area contributed by atoms with E-state index in [4.69, 9.17) is 28.4 Å². The Morgan fingerprint density at radius 1 is 0.643 bits per heavy atom. The molecule has 0 aromatic heterocycles. The van der Waals surface area contributed by atoms with Gasteiger partial charge in [-0.1, -0.05) is 97.1 Å². The van der Waals surface area contributed by atoms with E-state index >= 15 is 0 Å². The minimum atomic E-state index is -1.15. The molecule has 2 aliphatic rings. The first kappa shape index (κ1) is 27.8. The highest BCUT2D eigenvalue weighted by Gasteiger charge is 2.54. The van der Waals surface area contributed by atoms with Gasteiger partial charge in [-0.2, -0.15) is 0 Å². The zero-order chi connectivity index (χ0) is 28.7. The van der Waals surface area contributed by atoms with Crippen molar-refractivity contribution in [3.8, 4) is 0 Å². The van der Waals surface area contributed by atoms with Crippen LogP contribution in [-0.2, 0) is 35.0 Å². The van der Waals surface area contributed by atoms with E-state index in [1.54, 1.807) is 54.6 Å².